The molecule has 0 nitrogen and oxygen atoms in total. The van der Waals surface area contributed by atoms with Crippen molar-refractivity contribution in [3.8, 4) is 0 Å². The summed E-state index contributed by atoms with van der Waals surface area (Å²) in [5.41, 5.74) is 0.208. The Hall–Kier alpha value is -0.520. The normalized spacial score (nSPS) is 15.9. The molecule has 0 N–H and O–H groups in total. The molecule has 0 aliphatic rings. The van der Waals surface area contributed by atoms with Crippen LogP contribution in [-0.4, -0.2) is 0 Å². The van der Waals surface area contributed by atoms with E-state index < -0.39 is 0 Å². The van der Waals surface area contributed by atoms with Crippen molar-refractivity contribution in [3.05, 3.63) is 24.3 Å². The molecule has 0 aliphatic carbocycles. The van der Waals surface area contributed by atoms with Crippen LogP contribution in [0.3, 0.4) is 0 Å². The predicted molar refractivity (Wildman–Crippen MR) is 66.4 cm³/mol. The Labute approximate surface area is 90.1 Å². The van der Waals surface area contributed by atoms with Gasteiger partial charge in [-0.3, -0.25) is 0 Å². The van der Waals surface area contributed by atoms with E-state index in [9.17, 15) is 0 Å². The van der Waals surface area contributed by atoms with Crippen LogP contribution in [-0.2, 0) is 0 Å². The minimum atomic E-state index is 0.208. The van der Waals surface area contributed by atoms with Gasteiger partial charge in [0.2, 0.25) is 0 Å². The fourth-order valence-electron chi connectivity index (χ4n) is 1.72. The van der Waals surface area contributed by atoms with Crippen molar-refractivity contribution in [1.29, 1.82) is 0 Å². The van der Waals surface area contributed by atoms with Crippen LogP contribution >= 0.6 is 0 Å². The first kappa shape index (κ1) is 13.5. The Balaban J connectivity index is 4.14. The molecule has 0 radical (unpaired) electrons. The van der Waals surface area contributed by atoms with Crippen LogP contribution < -0.4 is 0 Å². The van der Waals surface area contributed by atoms with Crippen molar-refractivity contribution in [3.63, 3.8) is 0 Å². The van der Waals surface area contributed by atoms with Gasteiger partial charge in [0.25, 0.3) is 0 Å². The van der Waals surface area contributed by atoms with E-state index >= 15 is 0 Å². The van der Waals surface area contributed by atoms with E-state index in [1.54, 1.807) is 0 Å². The van der Waals surface area contributed by atoms with Crippen LogP contribution in [0.25, 0.3) is 0 Å². The zero-order valence-electron chi connectivity index (χ0n) is 10.7. The monoisotopic (exact) mass is 194 g/mol. The highest BCUT2D eigenvalue weighted by Crippen LogP contribution is 2.21. The van der Waals surface area contributed by atoms with Crippen LogP contribution in [0, 0.1) is 17.3 Å². The molecule has 14 heavy (non-hydrogen) atoms. The fourth-order valence-corrected chi connectivity index (χ4v) is 1.72. The smallest absolute Gasteiger partial charge is 0.000439 e. The summed E-state index contributed by atoms with van der Waals surface area (Å²) in [6, 6.07) is 0. The van der Waals surface area contributed by atoms with Gasteiger partial charge < -0.3 is 0 Å². The van der Waals surface area contributed by atoms with Gasteiger partial charge in [-0.05, 0) is 25.2 Å². The average molecular weight is 194 g/mol. The zero-order chi connectivity index (χ0) is 11.2. The van der Waals surface area contributed by atoms with E-state index in [2.05, 4.69) is 65.8 Å². The van der Waals surface area contributed by atoms with Gasteiger partial charge in [0.1, 0.15) is 0 Å². The Morgan fingerprint density at radius 2 is 1.64 bits per heavy atom. The molecular weight excluding hydrogens is 168 g/mol. The molecule has 0 amide bonds. The summed E-state index contributed by atoms with van der Waals surface area (Å²) in [6.45, 7) is 13.4. The van der Waals surface area contributed by atoms with Gasteiger partial charge in [-0.2, -0.15) is 0 Å². The Morgan fingerprint density at radius 1 is 1.07 bits per heavy atom. The van der Waals surface area contributed by atoms with Crippen molar-refractivity contribution in [1.82, 2.24) is 0 Å². The molecule has 82 valence electrons. The van der Waals surface area contributed by atoms with Crippen LogP contribution in [0.15, 0.2) is 24.3 Å². The molecule has 1 atom stereocenters. The number of hydrogen-bond donors (Lipinski definition) is 0. The van der Waals surface area contributed by atoms with Crippen molar-refractivity contribution in [2.45, 2.75) is 48.0 Å². The van der Waals surface area contributed by atoms with Gasteiger partial charge in [-0.15, -0.1) is 0 Å². The molecule has 0 bridgehead atoms. The molecule has 0 spiro atoms. The lowest BCUT2D eigenvalue weighted by atomic mass is 9.89. The summed E-state index contributed by atoms with van der Waals surface area (Å²) in [6.07, 6.45) is 10.3. The van der Waals surface area contributed by atoms with E-state index in [-0.39, 0.29) is 5.41 Å². The molecule has 0 saturated carbocycles. The summed E-state index contributed by atoms with van der Waals surface area (Å²) in [7, 11) is 0. The minimum Gasteiger partial charge on any atom is -0.0908 e. The first-order valence-electron chi connectivity index (χ1n) is 5.70. The van der Waals surface area contributed by atoms with Gasteiger partial charge in [0, 0.05) is 5.41 Å². The zero-order valence-corrected chi connectivity index (χ0v) is 10.7. The molecule has 0 aromatic rings. The minimum absolute atomic E-state index is 0.208. The molecule has 0 saturated heterocycles. The summed E-state index contributed by atoms with van der Waals surface area (Å²) >= 11 is 0. The standard InChI is InChI=1S/C14H26/c1-7-9-14(5,6)10-8-13(4)11-12(2)3/h7-10,12-13H,11H2,1-6H3/b9-7-,10-8-. The van der Waals surface area contributed by atoms with Gasteiger partial charge in [-0.1, -0.05) is 58.9 Å². The highest BCUT2D eigenvalue weighted by Gasteiger charge is 2.09. The van der Waals surface area contributed by atoms with E-state index in [1.807, 2.05) is 0 Å². The second-order valence-corrected chi connectivity index (χ2v) is 5.29. The first-order chi connectivity index (χ1) is 6.37. The Morgan fingerprint density at radius 3 is 2.07 bits per heavy atom. The summed E-state index contributed by atoms with van der Waals surface area (Å²) < 4.78 is 0. The Bertz CT molecular complexity index is 194. The van der Waals surface area contributed by atoms with Crippen molar-refractivity contribution in [2.24, 2.45) is 17.3 Å². The topological polar surface area (TPSA) is 0 Å². The maximum Gasteiger partial charge on any atom is 0.000439 e. The van der Waals surface area contributed by atoms with Crippen molar-refractivity contribution in [2.75, 3.05) is 0 Å². The molecular formula is C14H26. The maximum atomic E-state index is 2.35. The van der Waals surface area contributed by atoms with Crippen LogP contribution in [0.4, 0.5) is 0 Å². The highest BCUT2D eigenvalue weighted by molar-refractivity contribution is 5.07. The second-order valence-electron chi connectivity index (χ2n) is 5.29. The molecule has 1 unspecified atom stereocenters. The SMILES string of the molecule is C/C=C\C(C)(C)/C=C\C(C)CC(C)C. The first-order valence-corrected chi connectivity index (χ1v) is 5.70. The van der Waals surface area contributed by atoms with Gasteiger partial charge >= 0.3 is 0 Å². The van der Waals surface area contributed by atoms with E-state index in [1.165, 1.54) is 6.42 Å². The third-order valence-corrected chi connectivity index (χ3v) is 2.29. The van der Waals surface area contributed by atoms with Gasteiger partial charge in [0.15, 0.2) is 0 Å². The number of rotatable bonds is 5. The van der Waals surface area contributed by atoms with Crippen LogP contribution in [0.2, 0.25) is 0 Å². The Kier molecular flexibility index (Phi) is 5.83. The van der Waals surface area contributed by atoms with Gasteiger partial charge in [-0.25, -0.2) is 0 Å². The number of hydrogen-bond acceptors (Lipinski definition) is 0. The molecule has 0 fully saturated rings. The molecule has 0 aliphatic heterocycles. The lowest BCUT2D eigenvalue weighted by Gasteiger charge is -2.16. The van der Waals surface area contributed by atoms with E-state index in [0.717, 1.165) is 5.92 Å². The lowest BCUT2D eigenvalue weighted by Crippen LogP contribution is -2.04. The fraction of sp³-hybridized carbons (Fsp3) is 0.714. The van der Waals surface area contributed by atoms with Gasteiger partial charge in [0.05, 0.1) is 0 Å². The largest absolute Gasteiger partial charge is 0.0908 e. The van der Waals surface area contributed by atoms with E-state index in [4.69, 9.17) is 0 Å². The van der Waals surface area contributed by atoms with Crippen LogP contribution in [0.5, 0.6) is 0 Å². The average Bonchev–Trinajstić information content (AvgIpc) is 2.00. The molecule has 0 aromatic carbocycles. The van der Waals surface area contributed by atoms with E-state index in [0.29, 0.717) is 5.92 Å². The molecule has 0 aromatic heterocycles. The lowest BCUT2D eigenvalue weighted by molar-refractivity contribution is 0.497. The summed E-state index contributed by atoms with van der Waals surface area (Å²) in [5, 5.41) is 0. The predicted octanol–water partition coefficient (Wildman–Crippen LogP) is 4.83. The molecule has 0 heterocycles. The summed E-state index contributed by atoms with van der Waals surface area (Å²) in [4.78, 5) is 0. The quantitative estimate of drug-likeness (QED) is 0.550. The highest BCUT2D eigenvalue weighted by atomic mass is 14.1. The second kappa shape index (κ2) is 6.06. The summed E-state index contributed by atoms with van der Waals surface area (Å²) in [5.74, 6) is 1.49. The third kappa shape index (κ3) is 6.94. The number of allylic oxidation sites excluding steroid dienone is 4. The van der Waals surface area contributed by atoms with Crippen LogP contribution in [0.1, 0.15) is 48.0 Å². The molecule has 0 heteroatoms. The third-order valence-electron chi connectivity index (χ3n) is 2.29. The maximum absolute atomic E-state index is 2.35. The van der Waals surface area contributed by atoms with Crippen molar-refractivity contribution >= 4 is 0 Å². The van der Waals surface area contributed by atoms with Crippen molar-refractivity contribution < 1.29 is 0 Å². The molecule has 0 rings (SSSR count).